The van der Waals surface area contributed by atoms with Gasteiger partial charge in [0.1, 0.15) is 17.0 Å². The molecule has 0 fully saturated rings. The third-order valence-corrected chi connectivity index (χ3v) is 9.55. The summed E-state index contributed by atoms with van der Waals surface area (Å²) in [6.45, 7) is 5.80. The van der Waals surface area contributed by atoms with Gasteiger partial charge >= 0.3 is 6.09 Å². The first kappa shape index (κ1) is 30.6. The van der Waals surface area contributed by atoms with E-state index in [1.807, 2.05) is 42.5 Å². The normalized spacial score (nSPS) is 14.5. The Morgan fingerprint density at radius 3 is 2.45 bits per heavy atom. The monoisotopic (exact) mass is 666 g/mol. The number of nitrogens with one attached hydrogen (secondary N) is 3. The molecule has 0 saturated carbocycles. The Bertz CT molecular complexity index is 2230. The number of carbonyl (C=O) groups is 3. The number of ether oxygens (including phenoxy) is 1. The average molecular weight is 667 g/mol. The van der Waals surface area contributed by atoms with Crippen LogP contribution >= 0.6 is 22.9 Å². The number of hydrogen-bond acceptors (Lipinski definition) is 6. The molecule has 7 rings (SSSR count). The molecule has 3 heterocycles. The van der Waals surface area contributed by atoms with Crippen LogP contribution in [0.1, 0.15) is 52.4 Å². The molecule has 4 aromatic carbocycles. The van der Waals surface area contributed by atoms with Crippen LogP contribution in [0.4, 0.5) is 21.9 Å². The molecule has 6 aromatic rings. The van der Waals surface area contributed by atoms with Crippen molar-refractivity contribution in [1.82, 2.24) is 4.98 Å². The number of H-pyrrole nitrogens is 1. The zero-order valence-corrected chi connectivity index (χ0v) is 27.4. The number of thiophene rings is 1. The lowest BCUT2D eigenvalue weighted by atomic mass is 9.95. The first-order chi connectivity index (χ1) is 22.5. The van der Waals surface area contributed by atoms with E-state index in [0.717, 1.165) is 37.3 Å². The summed E-state index contributed by atoms with van der Waals surface area (Å²) in [7, 11) is 0. The van der Waals surface area contributed by atoms with E-state index >= 15 is 0 Å². The number of nitrogens with zero attached hydrogens (tertiary/aromatic N) is 1. The highest BCUT2D eigenvalue weighted by molar-refractivity contribution is 7.21. The van der Waals surface area contributed by atoms with Crippen molar-refractivity contribution in [3.05, 3.63) is 95.0 Å². The van der Waals surface area contributed by atoms with Gasteiger partial charge in [0.05, 0.1) is 10.6 Å². The number of hydrogen-bond donors (Lipinski definition) is 4. The number of alkyl halides is 1. The van der Waals surface area contributed by atoms with Crippen molar-refractivity contribution in [3.63, 3.8) is 0 Å². The predicted molar refractivity (Wildman–Crippen MR) is 189 cm³/mol. The number of benzene rings is 4. The molecule has 9 nitrogen and oxygen atoms in total. The van der Waals surface area contributed by atoms with Crippen LogP contribution in [-0.2, 0) is 4.74 Å². The van der Waals surface area contributed by atoms with Gasteiger partial charge in [-0.3, -0.25) is 14.9 Å². The summed E-state index contributed by atoms with van der Waals surface area (Å²) in [5, 5.41) is 19.6. The number of fused-ring (bicyclic) bond motifs is 5. The highest BCUT2D eigenvalue weighted by atomic mass is 35.5. The van der Waals surface area contributed by atoms with Crippen molar-refractivity contribution in [2.45, 2.75) is 32.3 Å². The smallest absolute Gasteiger partial charge is 0.412 e. The number of phenolic OH excluding ortho intramolecular Hbond substituents is 1. The van der Waals surface area contributed by atoms with E-state index in [9.17, 15) is 19.5 Å². The fourth-order valence-corrected chi connectivity index (χ4v) is 7.30. The molecule has 1 aliphatic rings. The number of phenols is 1. The highest BCUT2D eigenvalue weighted by Gasteiger charge is 2.35. The lowest BCUT2D eigenvalue weighted by Crippen LogP contribution is -2.29. The van der Waals surface area contributed by atoms with E-state index in [1.165, 1.54) is 11.3 Å². The van der Waals surface area contributed by atoms with E-state index in [0.29, 0.717) is 40.1 Å². The predicted octanol–water partition coefficient (Wildman–Crippen LogP) is 8.82. The van der Waals surface area contributed by atoms with E-state index in [1.54, 1.807) is 62.1 Å². The molecule has 1 atom stereocenters. The molecule has 3 amide bonds. The zero-order valence-electron chi connectivity index (χ0n) is 25.8. The third-order valence-electron chi connectivity index (χ3n) is 8.07. The third kappa shape index (κ3) is 5.86. The van der Waals surface area contributed by atoms with Crippen LogP contribution in [0.2, 0.25) is 0 Å². The topological polar surface area (TPSA) is 124 Å². The van der Waals surface area contributed by atoms with Gasteiger partial charge in [-0.25, -0.2) is 4.79 Å². The van der Waals surface area contributed by atoms with Crippen molar-refractivity contribution < 1.29 is 24.2 Å². The lowest BCUT2D eigenvalue weighted by Gasteiger charge is -2.19. The zero-order chi connectivity index (χ0) is 33.0. The minimum atomic E-state index is -0.620. The minimum absolute atomic E-state index is 0.0604. The van der Waals surface area contributed by atoms with E-state index in [-0.39, 0.29) is 23.5 Å². The highest BCUT2D eigenvalue weighted by Crippen LogP contribution is 2.46. The maximum absolute atomic E-state index is 13.9. The van der Waals surface area contributed by atoms with Gasteiger partial charge < -0.3 is 25.0 Å². The molecule has 0 spiro atoms. The summed E-state index contributed by atoms with van der Waals surface area (Å²) in [5.74, 6) is -0.0890. The van der Waals surface area contributed by atoms with Crippen molar-refractivity contribution in [3.8, 4) is 5.75 Å². The summed E-state index contributed by atoms with van der Waals surface area (Å²) >= 11 is 7.75. The van der Waals surface area contributed by atoms with Crippen LogP contribution in [0.25, 0.3) is 31.8 Å². The van der Waals surface area contributed by atoms with Crippen molar-refractivity contribution >= 4 is 89.7 Å². The molecule has 4 N–H and O–H groups in total. The molecular formula is C36H31ClN4O5S. The fraction of sp³-hybridized carbons (Fsp3) is 0.194. The van der Waals surface area contributed by atoms with Gasteiger partial charge in [0, 0.05) is 56.8 Å². The Balaban J connectivity index is 1.10. The number of aromatic nitrogens is 1. The van der Waals surface area contributed by atoms with Crippen molar-refractivity contribution in [1.29, 1.82) is 0 Å². The Hall–Kier alpha value is -5.06. The van der Waals surface area contributed by atoms with Gasteiger partial charge in [0.25, 0.3) is 11.8 Å². The average Bonchev–Trinajstić information content (AvgIpc) is 3.74. The Labute approximate surface area is 279 Å². The molecule has 0 saturated heterocycles. The van der Waals surface area contributed by atoms with Crippen LogP contribution in [0, 0.1) is 0 Å². The van der Waals surface area contributed by atoms with Crippen LogP contribution in [0.15, 0.2) is 78.9 Å². The molecule has 238 valence electrons. The largest absolute Gasteiger partial charge is 0.507 e. The van der Waals surface area contributed by atoms with Gasteiger partial charge in [-0.2, -0.15) is 0 Å². The summed E-state index contributed by atoms with van der Waals surface area (Å²) in [4.78, 5) is 44.6. The number of aromatic amines is 1. The van der Waals surface area contributed by atoms with Crippen LogP contribution in [0.3, 0.4) is 0 Å². The quantitative estimate of drug-likeness (QED) is 0.137. The van der Waals surface area contributed by atoms with E-state index < -0.39 is 11.7 Å². The molecule has 2 aromatic heterocycles. The minimum Gasteiger partial charge on any atom is -0.507 e. The number of carbonyl (C=O) groups excluding carboxylic acids is 3. The van der Waals surface area contributed by atoms with Crippen molar-refractivity contribution in [2.75, 3.05) is 28.0 Å². The second-order valence-electron chi connectivity index (χ2n) is 12.6. The number of aromatic hydroxyl groups is 1. The lowest BCUT2D eigenvalue weighted by molar-refractivity contribution is 0.0635. The van der Waals surface area contributed by atoms with Crippen molar-refractivity contribution in [2.24, 2.45) is 0 Å². The fourth-order valence-electron chi connectivity index (χ4n) is 6.06. The summed E-state index contributed by atoms with van der Waals surface area (Å²) in [6.07, 6.45) is -0.559. The first-order valence-corrected chi connectivity index (χ1v) is 16.4. The standard InChI is InChI=1S/C36H31ClN4O5S/c1-36(2,3)46-35(45)39-23-8-10-26-19(12-23)14-27(40-26)33(43)38-22-9-11-30-20(13-22)15-31(47-30)34(44)41-18-21(17-37)32-25-7-5-4-6-24(25)29(42)16-28(32)41/h4-16,21,40,42H,17-18H2,1-3H3,(H,38,43)(H,39,45)/t21-/m1/s1. The molecule has 11 heteroatoms. The Morgan fingerprint density at radius 1 is 0.957 bits per heavy atom. The summed E-state index contributed by atoms with van der Waals surface area (Å²) in [5.41, 5.74) is 3.25. The summed E-state index contributed by atoms with van der Waals surface area (Å²) < 4.78 is 6.22. The van der Waals surface area contributed by atoms with Gasteiger partial charge in [0.2, 0.25) is 0 Å². The molecule has 0 unspecified atom stereocenters. The molecule has 0 aliphatic carbocycles. The molecular weight excluding hydrogens is 636 g/mol. The summed E-state index contributed by atoms with van der Waals surface area (Å²) in [6, 6.07) is 23.6. The van der Waals surface area contributed by atoms with E-state index in [4.69, 9.17) is 16.3 Å². The second-order valence-corrected chi connectivity index (χ2v) is 14.0. The van der Waals surface area contributed by atoms with Gasteiger partial charge in [-0.1, -0.05) is 24.3 Å². The maximum Gasteiger partial charge on any atom is 0.412 e. The molecule has 0 bridgehead atoms. The van der Waals surface area contributed by atoms with Gasteiger partial charge in [-0.15, -0.1) is 22.9 Å². The molecule has 1 aliphatic heterocycles. The molecule has 0 radical (unpaired) electrons. The molecule has 47 heavy (non-hydrogen) atoms. The second kappa shape index (κ2) is 11.6. The van der Waals surface area contributed by atoms with Gasteiger partial charge in [0.15, 0.2) is 0 Å². The maximum atomic E-state index is 13.9. The number of rotatable bonds is 5. The van der Waals surface area contributed by atoms with Crippen LogP contribution < -0.4 is 15.5 Å². The van der Waals surface area contributed by atoms with Crippen LogP contribution in [-0.4, -0.2) is 46.0 Å². The Kier molecular flexibility index (Phi) is 7.57. The van der Waals surface area contributed by atoms with Crippen LogP contribution in [0.5, 0.6) is 5.75 Å². The number of anilines is 3. The Morgan fingerprint density at radius 2 is 1.68 bits per heavy atom. The number of amides is 3. The SMILES string of the molecule is CC(C)(C)OC(=O)Nc1ccc2[nH]c(C(=O)Nc3ccc4sc(C(=O)N5C[C@@H](CCl)c6c5cc(O)c5ccccc65)cc4c3)cc2c1. The van der Waals surface area contributed by atoms with Gasteiger partial charge in [-0.05, 0) is 85.6 Å². The first-order valence-electron chi connectivity index (χ1n) is 15.1. The number of halogens is 1. The van der Waals surface area contributed by atoms with E-state index in [2.05, 4.69) is 15.6 Å².